The van der Waals surface area contributed by atoms with E-state index in [1.54, 1.807) is 66.7 Å². The fraction of sp³-hybridized carbons (Fsp3) is 0.481. The Kier molecular flexibility index (Phi) is 20.3. The summed E-state index contributed by atoms with van der Waals surface area (Å²) in [5.74, 6) is -4.42. The molecule has 0 spiro atoms. The molecule has 442 valence electrons. The number of rotatable bonds is 27. The van der Waals surface area contributed by atoms with E-state index in [0.717, 1.165) is 0 Å². The Bertz CT molecular complexity index is 2880. The van der Waals surface area contributed by atoms with Crippen molar-refractivity contribution in [2.24, 2.45) is 5.92 Å². The van der Waals surface area contributed by atoms with Crippen molar-refractivity contribution in [2.75, 3.05) is 87.4 Å². The van der Waals surface area contributed by atoms with Crippen LogP contribution < -0.4 is 44.5 Å². The molecule has 4 aromatic rings. The van der Waals surface area contributed by atoms with Gasteiger partial charge < -0.3 is 97.6 Å². The van der Waals surface area contributed by atoms with E-state index in [0.29, 0.717) is 52.1 Å². The molecule has 2 heterocycles. The van der Waals surface area contributed by atoms with Crippen LogP contribution in [-0.2, 0) is 60.0 Å². The monoisotopic (exact) mass is 1160 g/mol. The summed E-state index contributed by atoms with van der Waals surface area (Å²) in [5, 5.41) is 73.9. The first-order valence-corrected chi connectivity index (χ1v) is 27.2. The number of anilines is 1. The lowest BCUT2D eigenvalue weighted by molar-refractivity contribution is -0.870. The first-order valence-electron chi connectivity index (χ1n) is 25.7. The lowest BCUT2D eigenvalue weighted by atomic mass is 9.70. The van der Waals surface area contributed by atoms with Gasteiger partial charge in [-0.25, -0.2) is 9.59 Å². The molecule has 0 aromatic heterocycles. The van der Waals surface area contributed by atoms with Crippen LogP contribution in [0.25, 0.3) is 0 Å². The van der Waals surface area contributed by atoms with Crippen LogP contribution in [0.4, 0.5) is 10.5 Å². The molecule has 1 saturated heterocycles. The van der Waals surface area contributed by atoms with E-state index in [1.165, 1.54) is 39.5 Å². The number of quaternary nitrogens is 1. The Labute approximate surface area is 466 Å². The molecule has 1 aliphatic carbocycles. The van der Waals surface area contributed by atoms with Gasteiger partial charge in [-0.3, -0.25) is 19.5 Å². The lowest BCUT2D eigenvalue weighted by Gasteiger charge is -2.40. The maximum absolute atomic E-state index is 13.6. The summed E-state index contributed by atoms with van der Waals surface area (Å²) in [7, 11) is 5.05. The average Bonchev–Trinajstić information content (AvgIpc) is 3.81. The minimum absolute atomic E-state index is 0.0695. The lowest BCUT2D eigenvalue weighted by Crippen LogP contribution is -2.61. The topological polar surface area (TPSA) is 358 Å². The number of phosphoric ester groups is 1. The maximum atomic E-state index is 13.6. The molecule has 0 bridgehead atoms. The van der Waals surface area contributed by atoms with Gasteiger partial charge in [-0.1, -0.05) is 48.5 Å². The zero-order valence-electron chi connectivity index (χ0n) is 45.4. The van der Waals surface area contributed by atoms with Crippen LogP contribution in [0, 0.1) is 5.92 Å². The van der Waals surface area contributed by atoms with Gasteiger partial charge in [0.25, 0.3) is 7.82 Å². The molecule has 3 aliphatic rings. The number of hydrogen-bond acceptors (Lipinski definition) is 22. The maximum Gasteiger partial charge on any atom is 0.407 e. The number of likely N-dealkylation sites (N-methyl/N-ethyl adjacent to an activating group) is 1. The molecule has 7 rings (SSSR count). The predicted molar refractivity (Wildman–Crippen MR) is 281 cm³/mol. The Morgan fingerprint density at radius 3 is 2.21 bits per heavy atom. The number of amides is 2. The van der Waals surface area contributed by atoms with Crippen LogP contribution >= 0.6 is 7.82 Å². The van der Waals surface area contributed by atoms with Crippen molar-refractivity contribution in [3.8, 4) is 28.7 Å². The molecule has 2 amide bonds. The SMILES string of the molecule is COC(=O)[C@H]1[C@@H](O)[C@@]2(O)c3c(OC)cc(OCCCCNC(=O)OCc4ccc(OC5O[C@H](C(=O)O)[C@@H](O)[C@H](O)[C@H]5O)c(NC(=O)CCNCOP(=O)([O-])OCC[N+](C)(C)C)c4)cc3O[C@@]2(c2ccc(OC)cc2)[C@@H]1c1ccccc1. The summed E-state index contributed by atoms with van der Waals surface area (Å²) < 4.78 is 68.1. The number of aliphatic carboxylic acids is 1. The molecule has 81 heavy (non-hydrogen) atoms. The zero-order chi connectivity index (χ0) is 58.9. The number of ether oxygens (including phenoxy) is 8. The van der Waals surface area contributed by atoms with Gasteiger partial charge in [-0.15, -0.1) is 0 Å². The van der Waals surface area contributed by atoms with Crippen molar-refractivity contribution < 1.29 is 111 Å². The third-order valence-electron chi connectivity index (χ3n) is 13.9. The summed E-state index contributed by atoms with van der Waals surface area (Å²) >= 11 is 0. The minimum Gasteiger partial charge on any atom is -0.756 e. The van der Waals surface area contributed by atoms with Crippen LogP contribution in [0.5, 0.6) is 28.7 Å². The van der Waals surface area contributed by atoms with Gasteiger partial charge in [-0.2, -0.15) is 0 Å². The van der Waals surface area contributed by atoms with E-state index >= 15 is 0 Å². The number of unbranched alkanes of at least 4 members (excludes halogenated alkanes) is 1. The number of carboxylic acid groups (broad SMARTS) is 1. The van der Waals surface area contributed by atoms with Gasteiger partial charge in [0.2, 0.25) is 12.2 Å². The Hall–Kier alpha value is -6.65. The number of fused-ring (bicyclic) bond motifs is 3. The number of hydrogen-bond donors (Lipinski definition) is 9. The third-order valence-corrected chi connectivity index (χ3v) is 14.9. The van der Waals surface area contributed by atoms with Gasteiger partial charge in [0.15, 0.2) is 17.3 Å². The highest BCUT2D eigenvalue weighted by atomic mass is 31.2. The number of alkyl carbamates (subject to hydrolysis) is 1. The number of carbonyl (C=O) groups excluding carboxylic acids is 3. The minimum atomic E-state index is -4.64. The summed E-state index contributed by atoms with van der Waals surface area (Å²) in [6.45, 7) is -0.320. The summed E-state index contributed by atoms with van der Waals surface area (Å²) in [6.07, 6.45) is -11.7. The number of methoxy groups -OCH3 is 3. The standard InChI is InChI=1S/C54H69N4O22P/c1-58(2,3)23-25-76-81(69,70)77-30-55-22-20-40(59)57-36-26-31(14-19-37(36)78-51-46(62)44(60)45(61)47(79-51)49(64)65)29-75-52(67)56-21-10-11-24-74-35-27-38(72-5)43-39(28-35)80-54(33-15-17-34(71-4)18-16-33)42(32-12-8-7-9-13-32)41(50(66)73-6)48(63)53(43,54)68/h7-9,12-19,26-28,41-42,44-48,51,55,60-63,68H,10-11,20-25,29-30H2,1-6H3,(H3-,56,57,59,64,65,67,69,70)/t41-,42-,44+,45+,46-,47+,48-,51?,53+,54+/m1/s1. The van der Waals surface area contributed by atoms with E-state index < -0.39 is 98.3 Å². The first-order chi connectivity index (χ1) is 38.5. The molecule has 4 aromatic carbocycles. The van der Waals surface area contributed by atoms with Crippen LogP contribution in [0.3, 0.4) is 0 Å². The number of aliphatic hydroxyl groups is 5. The van der Waals surface area contributed by atoms with Gasteiger partial charge >= 0.3 is 18.0 Å². The molecular formula is C54H69N4O22P. The van der Waals surface area contributed by atoms with E-state index in [1.807, 2.05) is 21.1 Å². The number of esters is 1. The first kappa shape index (κ1) is 62.0. The molecular weight excluding hydrogens is 1090 g/mol. The molecule has 27 heteroatoms. The molecule has 11 atom stereocenters. The quantitative estimate of drug-likeness (QED) is 0.0134. The number of phosphoric acid groups is 1. The van der Waals surface area contributed by atoms with Gasteiger partial charge in [0.1, 0.15) is 79.7 Å². The molecule has 0 radical (unpaired) electrons. The Balaban J connectivity index is 0.960. The number of nitrogens with one attached hydrogen (secondary N) is 3. The van der Waals surface area contributed by atoms with Crippen LogP contribution in [0.15, 0.2) is 84.9 Å². The van der Waals surface area contributed by atoms with Crippen molar-refractivity contribution in [2.45, 2.75) is 79.8 Å². The largest absolute Gasteiger partial charge is 0.756 e. The van der Waals surface area contributed by atoms with Crippen molar-refractivity contribution in [1.82, 2.24) is 10.6 Å². The van der Waals surface area contributed by atoms with E-state index in [4.69, 9.17) is 46.9 Å². The van der Waals surface area contributed by atoms with Crippen molar-refractivity contribution >= 4 is 37.4 Å². The smallest absolute Gasteiger partial charge is 0.407 e. The molecule has 2 fully saturated rings. The zero-order valence-corrected chi connectivity index (χ0v) is 46.3. The number of carbonyl (C=O) groups is 4. The Morgan fingerprint density at radius 1 is 0.815 bits per heavy atom. The molecule has 2 aliphatic heterocycles. The predicted octanol–water partition coefficient (Wildman–Crippen LogP) is 1.57. The second kappa shape index (κ2) is 26.5. The summed E-state index contributed by atoms with van der Waals surface area (Å²) in [6, 6.07) is 22.9. The molecule has 9 N–H and O–H groups in total. The van der Waals surface area contributed by atoms with Gasteiger partial charge in [0, 0.05) is 37.6 Å². The molecule has 1 saturated carbocycles. The highest BCUT2D eigenvalue weighted by Gasteiger charge is 2.78. The van der Waals surface area contributed by atoms with Crippen molar-refractivity contribution in [3.63, 3.8) is 0 Å². The number of nitrogens with zero attached hydrogens (tertiary/aromatic N) is 1. The van der Waals surface area contributed by atoms with E-state index in [9.17, 15) is 59.3 Å². The Morgan fingerprint density at radius 2 is 1.54 bits per heavy atom. The molecule has 26 nitrogen and oxygen atoms in total. The van der Waals surface area contributed by atoms with Crippen LogP contribution in [-0.4, -0.2) is 178 Å². The average molecular weight is 1160 g/mol. The third kappa shape index (κ3) is 14.0. The number of benzene rings is 4. The number of aliphatic hydroxyl groups excluding tert-OH is 4. The summed E-state index contributed by atoms with van der Waals surface area (Å²) in [4.78, 5) is 63.5. The fourth-order valence-electron chi connectivity index (χ4n) is 9.89. The highest BCUT2D eigenvalue weighted by Crippen LogP contribution is 2.70. The second-order valence-electron chi connectivity index (χ2n) is 20.3. The van der Waals surface area contributed by atoms with Gasteiger partial charge in [0.05, 0.1) is 66.2 Å². The fourth-order valence-corrected chi connectivity index (χ4v) is 10.5. The van der Waals surface area contributed by atoms with Crippen molar-refractivity contribution in [1.29, 1.82) is 0 Å². The number of carboxylic acids is 1. The highest BCUT2D eigenvalue weighted by molar-refractivity contribution is 7.45. The second-order valence-corrected chi connectivity index (χ2v) is 21.7. The van der Waals surface area contributed by atoms with E-state index in [-0.39, 0.29) is 67.8 Å². The van der Waals surface area contributed by atoms with Crippen LogP contribution in [0.1, 0.15) is 47.4 Å². The van der Waals surface area contributed by atoms with Crippen molar-refractivity contribution in [3.05, 3.63) is 107 Å². The van der Waals surface area contributed by atoms with E-state index in [2.05, 4.69) is 16.0 Å². The van der Waals surface area contributed by atoms with Gasteiger partial charge in [-0.05, 0) is 53.8 Å². The summed E-state index contributed by atoms with van der Waals surface area (Å²) in [5.41, 5.74) is -2.70. The molecule has 2 unspecified atom stereocenters. The van der Waals surface area contributed by atoms with Crippen LogP contribution in [0.2, 0.25) is 0 Å². The normalized spacial score (nSPS) is 25.5.